The summed E-state index contributed by atoms with van der Waals surface area (Å²) < 4.78 is 53.8. The van der Waals surface area contributed by atoms with Gasteiger partial charge in [-0.1, -0.05) is 126 Å². The number of carbonyl (C=O) groups excluding carboxylic acids is 2. The Balaban J connectivity index is 2.55. The Morgan fingerprint density at radius 3 is 1.76 bits per heavy atom. The van der Waals surface area contributed by atoms with Gasteiger partial charge in [-0.2, -0.15) is 8.42 Å². The molecule has 0 aromatic carbocycles. The average Bonchev–Trinajstić information content (AvgIpc) is 3.14. The van der Waals surface area contributed by atoms with Gasteiger partial charge < -0.3 is 34.3 Å². The molecular weight excluding hydrogens is 729 g/mol. The number of hydrogen-bond acceptors (Lipinski definition) is 11. The third-order valence-electron chi connectivity index (χ3n) is 8.93. The maximum atomic E-state index is 12.7. The van der Waals surface area contributed by atoms with Crippen molar-refractivity contribution >= 4 is 22.1 Å². The Bertz CT molecular complexity index is 1260. The van der Waals surface area contributed by atoms with Crippen LogP contribution in [0, 0.1) is 0 Å². The lowest BCUT2D eigenvalue weighted by Gasteiger charge is -2.40. The summed E-state index contributed by atoms with van der Waals surface area (Å²) in [4.78, 5) is 25.3. The molecule has 0 saturated carbocycles. The van der Waals surface area contributed by atoms with Gasteiger partial charge in [0.05, 0.1) is 6.61 Å². The Hall–Kier alpha value is -2.65. The number of hydrogen-bond donors (Lipinski definition) is 4. The molecule has 3 unspecified atom stereocenters. The minimum Gasteiger partial charge on any atom is -0.462 e. The van der Waals surface area contributed by atoms with Crippen molar-refractivity contribution in [3.05, 3.63) is 60.8 Å². The van der Waals surface area contributed by atoms with Crippen LogP contribution in [0.1, 0.15) is 136 Å². The van der Waals surface area contributed by atoms with Gasteiger partial charge >= 0.3 is 11.9 Å². The van der Waals surface area contributed by atoms with Crippen LogP contribution in [0.15, 0.2) is 60.8 Å². The van der Waals surface area contributed by atoms with Gasteiger partial charge in [0.25, 0.3) is 10.1 Å². The third-order valence-corrected chi connectivity index (χ3v) is 9.68. The molecule has 0 aromatic heterocycles. The number of ether oxygens (including phenoxy) is 4. The normalized spacial score (nSPS) is 21.5. The van der Waals surface area contributed by atoms with Crippen LogP contribution >= 0.6 is 0 Å². The van der Waals surface area contributed by atoms with Gasteiger partial charge in [-0.05, 0) is 57.8 Å². The molecule has 0 amide bonds. The molecule has 55 heavy (non-hydrogen) atoms. The lowest BCUT2D eigenvalue weighted by Crippen LogP contribution is -2.60. The monoisotopic (exact) mass is 798 g/mol. The molecule has 0 bridgehead atoms. The van der Waals surface area contributed by atoms with E-state index in [1.165, 1.54) is 44.9 Å². The largest absolute Gasteiger partial charge is 0.462 e. The molecule has 1 aliphatic heterocycles. The molecule has 0 aliphatic carbocycles. The zero-order valence-corrected chi connectivity index (χ0v) is 34.1. The second kappa shape index (κ2) is 32.4. The third kappa shape index (κ3) is 27.6. The molecule has 1 aliphatic rings. The number of aliphatic hydroxyl groups excluding tert-OH is 3. The molecule has 0 radical (unpaired) electrons. The van der Waals surface area contributed by atoms with E-state index in [4.69, 9.17) is 18.9 Å². The molecule has 0 spiro atoms. The van der Waals surface area contributed by atoms with Crippen molar-refractivity contribution in [1.82, 2.24) is 0 Å². The molecule has 1 heterocycles. The molecule has 316 valence electrons. The average molecular weight is 799 g/mol. The SMILES string of the molecule is CC/C=C/C=C/C=C/C=C/CCCCCC(=O)OC(COC(=O)CCCCC/C=C/CCCCCCCCC)CO[C@H]1O[C@H](CS(=O)(=O)O)[C@@H](O)C(O)C1O. The fraction of sp³-hybridized carbons (Fsp3) is 0.714. The van der Waals surface area contributed by atoms with Crippen LogP contribution in [0.25, 0.3) is 0 Å². The minimum absolute atomic E-state index is 0.113. The maximum Gasteiger partial charge on any atom is 0.306 e. The smallest absolute Gasteiger partial charge is 0.306 e. The zero-order valence-electron chi connectivity index (χ0n) is 33.3. The number of unbranched alkanes of at least 4 members (excludes halogenated alkanes) is 13. The first-order valence-corrected chi connectivity index (χ1v) is 22.0. The van der Waals surface area contributed by atoms with E-state index in [0.29, 0.717) is 12.8 Å². The fourth-order valence-corrected chi connectivity index (χ4v) is 6.43. The van der Waals surface area contributed by atoms with Crippen molar-refractivity contribution in [3.63, 3.8) is 0 Å². The van der Waals surface area contributed by atoms with E-state index >= 15 is 0 Å². The summed E-state index contributed by atoms with van der Waals surface area (Å²) in [5.41, 5.74) is 0. The molecular formula is C42H70O12S. The standard InChI is InChI=1S/C42H70O12S/c1-3-5-7-9-11-13-15-17-19-20-22-24-26-28-30-37(43)51-32-35(33-52-42-41(47)40(46)39(45)36(54-42)34-55(48,49)50)53-38(44)31-29-27-25-23-21-18-16-14-12-10-8-6-4-2/h6,8,10,12,14,16,18-21,35-36,39-42,45-47H,3-5,7,9,11,13,15,17,22-34H2,1-2H3,(H,48,49,50)/b8-6+,12-10+,16-14+,20-19+,21-18+/t35?,36-,39-,40?,41?,42+/m1/s1. The molecule has 1 rings (SSSR count). The number of aliphatic hydroxyl groups is 3. The number of esters is 2. The van der Waals surface area contributed by atoms with Crippen molar-refractivity contribution < 1.29 is 56.8 Å². The Morgan fingerprint density at radius 2 is 1.16 bits per heavy atom. The quantitative estimate of drug-likeness (QED) is 0.0174. The van der Waals surface area contributed by atoms with Gasteiger partial charge in [-0.15, -0.1) is 0 Å². The zero-order chi connectivity index (χ0) is 40.6. The van der Waals surface area contributed by atoms with Crippen molar-refractivity contribution in [1.29, 1.82) is 0 Å². The Morgan fingerprint density at radius 1 is 0.636 bits per heavy atom. The Kier molecular flexibility index (Phi) is 29.7. The van der Waals surface area contributed by atoms with E-state index in [1.54, 1.807) is 0 Å². The van der Waals surface area contributed by atoms with E-state index in [0.717, 1.165) is 51.4 Å². The van der Waals surface area contributed by atoms with Gasteiger partial charge in [-0.25, -0.2) is 0 Å². The minimum atomic E-state index is -4.61. The molecule has 12 nitrogen and oxygen atoms in total. The first-order valence-electron chi connectivity index (χ1n) is 20.4. The van der Waals surface area contributed by atoms with Gasteiger partial charge in [0.15, 0.2) is 12.4 Å². The molecule has 4 N–H and O–H groups in total. The van der Waals surface area contributed by atoms with Crippen LogP contribution < -0.4 is 0 Å². The van der Waals surface area contributed by atoms with Crippen LogP contribution in [-0.4, -0.2) is 96.0 Å². The van der Waals surface area contributed by atoms with E-state index in [1.807, 2.05) is 36.5 Å². The fourth-order valence-electron chi connectivity index (χ4n) is 5.74. The van der Waals surface area contributed by atoms with E-state index in [-0.39, 0.29) is 19.4 Å². The predicted octanol–water partition coefficient (Wildman–Crippen LogP) is 7.39. The molecule has 1 fully saturated rings. The van der Waals surface area contributed by atoms with Crippen molar-refractivity contribution in [2.24, 2.45) is 0 Å². The lowest BCUT2D eigenvalue weighted by molar-refractivity contribution is -0.297. The van der Waals surface area contributed by atoms with Crippen LogP contribution in [0.2, 0.25) is 0 Å². The van der Waals surface area contributed by atoms with E-state index in [2.05, 4.69) is 38.2 Å². The number of carbonyl (C=O) groups is 2. The van der Waals surface area contributed by atoms with Gasteiger partial charge in [0.2, 0.25) is 0 Å². The van der Waals surface area contributed by atoms with Gasteiger partial charge in [-0.3, -0.25) is 14.1 Å². The molecule has 1 saturated heterocycles. The van der Waals surface area contributed by atoms with Gasteiger partial charge in [0, 0.05) is 12.8 Å². The highest BCUT2D eigenvalue weighted by atomic mass is 32.2. The number of rotatable bonds is 32. The molecule has 13 heteroatoms. The highest BCUT2D eigenvalue weighted by Crippen LogP contribution is 2.24. The van der Waals surface area contributed by atoms with Crippen LogP contribution in [0.3, 0.4) is 0 Å². The van der Waals surface area contributed by atoms with E-state index < -0.39 is 71.2 Å². The Labute approximate surface area is 330 Å². The highest BCUT2D eigenvalue weighted by Gasteiger charge is 2.46. The lowest BCUT2D eigenvalue weighted by atomic mass is 10.00. The summed E-state index contributed by atoms with van der Waals surface area (Å²) in [6.45, 7) is 3.54. The first kappa shape index (κ1) is 50.4. The highest BCUT2D eigenvalue weighted by molar-refractivity contribution is 7.85. The molecule has 0 aromatic rings. The summed E-state index contributed by atoms with van der Waals surface area (Å²) in [6.07, 6.45) is 28.5. The van der Waals surface area contributed by atoms with E-state index in [9.17, 15) is 37.9 Å². The summed E-state index contributed by atoms with van der Waals surface area (Å²) >= 11 is 0. The van der Waals surface area contributed by atoms with Crippen LogP contribution in [0.5, 0.6) is 0 Å². The number of allylic oxidation sites excluding steroid dienone is 10. The summed E-state index contributed by atoms with van der Waals surface area (Å²) in [6, 6.07) is 0. The second-order valence-corrected chi connectivity index (χ2v) is 15.5. The summed E-state index contributed by atoms with van der Waals surface area (Å²) in [7, 11) is -4.61. The maximum absolute atomic E-state index is 12.7. The summed E-state index contributed by atoms with van der Waals surface area (Å²) in [5.74, 6) is -2.06. The van der Waals surface area contributed by atoms with Crippen LogP contribution in [0.4, 0.5) is 0 Å². The van der Waals surface area contributed by atoms with Crippen molar-refractivity contribution in [3.8, 4) is 0 Å². The topological polar surface area (TPSA) is 186 Å². The molecule has 6 atom stereocenters. The van der Waals surface area contributed by atoms with Crippen LogP contribution in [-0.2, 0) is 38.7 Å². The summed E-state index contributed by atoms with van der Waals surface area (Å²) in [5, 5.41) is 30.8. The second-order valence-electron chi connectivity index (χ2n) is 14.0. The van der Waals surface area contributed by atoms with Crippen molar-refractivity contribution in [2.75, 3.05) is 19.0 Å². The van der Waals surface area contributed by atoms with Gasteiger partial charge in [0.1, 0.15) is 36.8 Å². The predicted molar refractivity (Wildman–Crippen MR) is 215 cm³/mol. The van der Waals surface area contributed by atoms with Crippen molar-refractivity contribution in [2.45, 2.75) is 173 Å². The first-order chi connectivity index (χ1) is 26.5.